The second-order valence-corrected chi connectivity index (χ2v) is 10.4. The number of hydrogen-bond donors (Lipinski definition) is 2. The highest BCUT2D eigenvalue weighted by molar-refractivity contribution is 7.18. The predicted molar refractivity (Wildman–Crippen MR) is 123 cm³/mol. The van der Waals surface area contributed by atoms with E-state index in [0.29, 0.717) is 17.1 Å². The van der Waals surface area contributed by atoms with Crippen LogP contribution in [0.25, 0.3) is 10.2 Å². The largest absolute Gasteiger partial charge is 0.365 e. The first kappa shape index (κ1) is 20.1. The number of fused-ring (bicyclic) bond motifs is 2. The molecule has 0 bridgehead atoms. The molecule has 3 N–H and O–H groups in total. The summed E-state index contributed by atoms with van der Waals surface area (Å²) in [6, 6.07) is 5.76. The standard InChI is InChI=1S/C22H22N4O3S2/c1-11-24-15-9-13(6-7-17(15)30-11)26-10-12(8-18(26)27)21(29)25-22-19(20(23)28)14-4-2-3-5-16(14)31-22/h6-7,9,12H,2-5,8,10H2,1H3,(H2,23,28)(H,25,29). The molecule has 1 fully saturated rings. The molecule has 1 unspecified atom stereocenters. The average molecular weight is 455 g/mol. The Morgan fingerprint density at radius 3 is 2.84 bits per heavy atom. The zero-order valence-electron chi connectivity index (χ0n) is 17.1. The molecule has 1 aliphatic carbocycles. The molecular formula is C22H22N4O3S2. The van der Waals surface area contributed by atoms with Gasteiger partial charge in [-0.2, -0.15) is 0 Å². The number of aromatic nitrogens is 1. The fraction of sp³-hybridized carbons (Fsp3) is 0.364. The maximum Gasteiger partial charge on any atom is 0.251 e. The monoisotopic (exact) mass is 454 g/mol. The zero-order valence-corrected chi connectivity index (χ0v) is 18.7. The second kappa shape index (κ2) is 7.72. The van der Waals surface area contributed by atoms with Crippen molar-refractivity contribution in [2.24, 2.45) is 11.7 Å². The Bertz CT molecular complexity index is 1230. The van der Waals surface area contributed by atoms with Crippen LogP contribution in [-0.2, 0) is 22.4 Å². The van der Waals surface area contributed by atoms with Gasteiger partial charge in [0.2, 0.25) is 11.8 Å². The number of benzene rings is 1. The summed E-state index contributed by atoms with van der Waals surface area (Å²) in [5.41, 5.74) is 8.66. The van der Waals surface area contributed by atoms with E-state index >= 15 is 0 Å². The topological polar surface area (TPSA) is 105 Å². The van der Waals surface area contributed by atoms with Crippen LogP contribution >= 0.6 is 22.7 Å². The van der Waals surface area contributed by atoms with Crippen molar-refractivity contribution in [3.8, 4) is 0 Å². The number of nitrogens with zero attached hydrogens (tertiary/aromatic N) is 2. The molecule has 2 aliphatic rings. The number of thiazole rings is 1. The van der Waals surface area contributed by atoms with Gasteiger partial charge in [0.05, 0.1) is 26.7 Å². The number of hydrogen-bond acceptors (Lipinski definition) is 6. The summed E-state index contributed by atoms with van der Waals surface area (Å²) >= 11 is 3.05. The van der Waals surface area contributed by atoms with Gasteiger partial charge in [-0.15, -0.1) is 22.7 Å². The van der Waals surface area contributed by atoms with Crippen molar-refractivity contribution in [1.29, 1.82) is 0 Å². The molecule has 160 valence electrons. The van der Waals surface area contributed by atoms with Gasteiger partial charge in [0.25, 0.3) is 5.91 Å². The van der Waals surface area contributed by atoms with Crippen LogP contribution in [0.5, 0.6) is 0 Å². The molecule has 7 nitrogen and oxygen atoms in total. The normalized spacial score (nSPS) is 18.4. The van der Waals surface area contributed by atoms with Crippen molar-refractivity contribution in [2.75, 3.05) is 16.8 Å². The predicted octanol–water partition coefficient (Wildman–Crippen LogP) is 3.64. The number of aryl methyl sites for hydroxylation is 2. The highest BCUT2D eigenvalue weighted by Crippen LogP contribution is 2.38. The third kappa shape index (κ3) is 3.61. The lowest BCUT2D eigenvalue weighted by atomic mass is 9.95. The van der Waals surface area contributed by atoms with Crippen LogP contribution in [0.1, 0.15) is 45.1 Å². The summed E-state index contributed by atoms with van der Waals surface area (Å²) in [5, 5.41) is 4.40. The lowest BCUT2D eigenvalue weighted by Gasteiger charge is -2.16. The molecule has 1 saturated heterocycles. The van der Waals surface area contributed by atoms with Gasteiger partial charge in [-0.25, -0.2) is 4.98 Å². The van der Waals surface area contributed by atoms with Gasteiger partial charge in [-0.3, -0.25) is 14.4 Å². The fourth-order valence-electron chi connectivity index (χ4n) is 4.46. The van der Waals surface area contributed by atoms with E-state index in [4.69, 9.17) is 5.73 Å². The SMILES string of the molecule is Cc1nc2cc(N3CC(C(=O)Nc4sc5c(c4C(N)=O)CCCC5)CC3=O)ccc2s1. The van der Waals surface area contributed by atoms with E-state index in [1.165, 1.54) is 11.3 Å². The average Bonchev–Trinajstić information content (AvgIpc) is 3.40. The third-order valence-electron chi connectivity index (χ3n) is 5.94. The number of carbonyl (C=O) groups excluding carboxylic acids is 3. The molecular weight excluding hydrogens is 432 g/mol. The molecule has 2 aromatic heterocycles. The Morgan fingerprint density at radius 2 is 2.03 bits per heavy atom. The molecule has 1 atom stereocenters. The Morgan fingerprint density at radius 1 is 1.23 bits per heavy atom. The molecule has 0 spiro atoms. The lowest BCUT2D eigenvalue weighted by molar-refractivity contribution is -0.122. The molecule has 1 aliphatic heterocycles. The minimum atomic E-state index is -0.509. The van der Waals surface area contributed by atoms with Crippen molar-refractivity contribution in [3.63, 3.8) is 0 Å². The first-order chi connectivity index (χ1) is 14.9. The van der Waals surface area contributed by atoms with Crippen molar-refractivity contribution < 1.29 is 14.4 Å². The van der Waals surface area contributed by atoms with Gasteiger partial charge < -0.3 is 16.0 Å². The van der Waals surface area contributed by atoms with Crippen LogP contribution in [0.3, 0.4) is 0 Å². The first-order valence-corrected chi connectivity index (χ1v) is 12.0. The Labute approximate surface area is 187 Å². The van der Waals surface area contributed by atoms with E-state index in [0.717, 1.165) is 57.0 Å². The first-order valence-electron chi connectivity index (χ1n) is 10.3. The highest BCUT2D eigenvalue weighted by Gasteiger charge is 2.36. The number of anilines is 2. The van der Waals surface area contributed by atoms with Gasteiger partial charge in [0, 0.05) is 23.5 Å². The van der Waals surface area contributed by atoms with E-state index in [-0.39, 0.29) is 18.2 Å². The summed E-state index contributed by atoms with van der Waals surface area (Å²) in [6.45, 7) is 2.25. The van der Waals surface area contributed by atoms with Crippen LogP contribution < -0.4 is 16.0 Å². The third-order valence-corrected chi connectivity index (χ3v) is 8.10. The second-order valence-electron chi connectivity index (χ2n) is 8.06. The van der Waals surface area contributed by atoms with Crippen molar-refractivity contribution in [3.05, 3.63) is 39.2 Å². The number of amides is 3. The Kier molecular flexibility index (Phi) is 5.02. The molecule has 9 heteroatoms. The summed E-state index contributed by atoms with van der Waals surface area (Å²) < 4.78 is 1.07. The lowest BCUT2D eigenvalue weighted by Crippen LogP contribution is -2.28. The quantitative estimate of drug-likeness (QED) is 0.628. The van der Waals surface area contributed by atoms with Gasteiger partial charge in [0.15, 0.2) is 0 Å². The number of nitrogens with two attached hydrogens (primary N) is 1. The van der Waals surface area contributed by atoms with Crippen LogP contribution in [0, 0.1) is 12.8 Å². The Balaban J connectivity index is 1.35. The van der Waals surface area contributed by atoms with Crippen molar-refractivity contribution >= 4 is 61.3 Å². The van der Waals surface area contributed by atoms with Crippen LogP contribution in [0.2, 0.25) is 0 Å². The minimum Gasteiger partial charge on any atom is -0.365 e. The van der Waals surface area contributed by atoms with Crippen molar-refractivity contribution in [2.45, 2.75) is 39.0 Å². The number of primary amides is 1. The molecule has 5 rings (SSSR count). The van der Waals surface area contributed by atoms with Gasteiger partial charge in [0.1, 0.15) is 5.00 Å². The summed E-state index contributed by atoms with van der Waals surface area (Å²) in [7, 11) is 0. The van der Waals surface area contributed by atoms with Crippen LogP contribution in [0.15, 0.2) is 18.2 Å². The fourth-order valence-corrected chi connectivity index (χ4v) is 6.57. The van der Waals surface area contributed by atoms with Crippen LogP contribution in [-0.4, -0.2) is 29.3 Å². The molecule has 0 saturated carbocycles. The van der Waals surface area contributed by atoms with Gasteiger partial charge >= 0.3 is 0 Å². The number of nitrogens with one attached hydrogen (secondary N) is 1. The van der Waals surface area contributed by atoms with Gasteiger partial charge in [-0.1, -0.05) is 0 Å². The smallest absolute Gasteiger partial charge is 0.251 e. The van der Waals surface area contributed by atoms with Crippen LogP contribution in [0.4, 0.5) is 10.7 Å². The summed E-state index contributed by atoms with van der Waals surface area (Å²) in [5.74, 6) is -1.33. The molecule has 1 aromatic carbocycles. The number of rotatable bonds is 4. The molecule has 3 aromatic rings. The zero-order chi connectivity index (χ0) is 21.7. The maximum atomic E-state index is 13.0. The Hall–Kier alpha value is -2.78. The molecule has 31 heavy (non-hydrogen) atoms. The number of carbonyl (C=O) groups is 3. The minimum absolute atomic E-state index is 0.0907. The van der Waals surface area contributed by atoms with E-state index in [2.05, 4.69) is 10.3 Å². The van der Waals surface area contributed by atoms with E-state index < -0.39 is 11.8 Å². The van der Waals surface area contributed by atoms with Gasteiger partial charge in [-0.05, 0) is 56.4 Å². The summed E-state index contributed by atoms with van der Waals surface area (Å²) in [6.07, 6.45) is 3.95. The molecule has 3 amide bonds. The summed E-state index contributed by atoms with van der Waals surface area (Å²) in [4.78, 5) is 45.0. The van der Waals surface area contributed by atoms with E-state index in [9.17, 15) is 14.4 Å². The van der Waals surface area contributed by atoms with E-state index in [1.807, 2.05) is 25.1 Å². The van der Waals surface area contributed by atoms with Crippen molar-refractivity contribution in [1.82, 2.24) is 4.98 Å². The van der Waals surface area contributed by atoms with E-state index in [1.54, 1.807) is 16.2 Å². The molecule has 3 heterocycles. The number of thiophene rings is 1. The maximum absolute atomic E-state index is 13.0. The molecule has 0 radical (unpaired) electrons. The highest BCUT2D eigenvalue weighted by atomic mass is 32.1.